The van der Waals surface area contributed by atoms with Gasteiger partial charge >= 0.3 is 0 Å². The molecule has 2 aliphatic rings. The average Bonchev–Trinajstić information content (AvgIpc) is 3.41. The molecule has 2 aliphatic heterocycles. The predicted octanol–water partition coefficient (Wildman–Crippen LogP) is 2.59. The van der Waals surface area contributed by atoms with E-state index in [1.54, 1.807) is 4.68 Å². The monoisotopic (exact) mass is 347 g/mol. The van der Waals surface area contributed by atoms with E-state index in [1.807, 2.05) is 36.5 Å². The fourth-order valence-corrected chi connectivity index (χ4v) is 3.73. The van der Waals surface area contributed by atoms with Crippen molar-refractivity contribution < 1.29 is 0 Å². The Morgan fingerprint density at radius 1 is 1.04 bits per heavy atom. The quantitative estimate of drug-likeness (QED) is 0.729. The van der Waals surface area contributed by atoms with Crippen LogP contribution in [0, 0.1) is 0 Å². The second-order valence-corrected chi connectivity index (χ2v) is 6.91. The largest absolute Gasteiger partial charge is 0.357 e. The number of hydrogen-bond acceptors (Lipinski definition) is 5. The Kier molecular flexibility index (Phi) is 3.34. The maximum Gasteiger partial charge on any atom is 0.128 e. The van der Waals surface area contributed by atoms with Crippen molar-refractivity contribution in [2.45, 2.75) is 19.4 Å². The molecule has 0 radical (unpaired) electrons. The fourth-order valence-electron chi connectivity index (χ4n) is 3.73. The highest BCUT2D eigenvalue weighted by Gasteiger charge is 2.28. The van der Waals surface area contributed by atoms with Crippen LogP contribution in [0.1, 0.15) is 24.1 Å². The molecular weight excluding hydrogens is 326 g/mol. The molecule has 0 N–H and O–H groups in total. The highest BCUT2D eigenvalue weighted by Crippen LogP contribution is 2.35. The molecule has 0 bridgehead atoms. The van der Waals surface area contributed by atoms with Crippen LogP contribution in [0.3, 0.4) is 0 Å². The van der Waals surface area contributed by atoms with E-state index in [9.17, 15) is 0 Å². The van der Waals surface area contributed by atoms with Crippen LogP contribution in [0.5, 0.6) is 0 Å². The van der Waals surface area contributed by atoms with E-state index >= 15 is 0 Å². The maximum absolute atomic E-state index is 4.75. The van der Waals surface area contributed by atoms with Crippen LogP contribution in [0.25, 0.3) is 11.4 Å². The summed E-state index contributed by atoms with van der Waals surface area (Å²) in [5.74, 6) is 1.05. The van der Waals surface area contributed by atoms with Gasteiger partial charge in [-0.25, -0.2) is 9.67 Å². The molecule has 0 unspecified atom stereocenters. The standard InChI is InChI=1S/C19H21N7/c1-14-17-12-26(15-5-6-19(20-9-15)24-7-3-4-8-24)22-18(17)13-25(14)16-10-21-23(2)11-16/h5-6,9-12H,1,3-4,7-8,13H2,2H3. The zero-order valence-corrected chi connectivity index (χ0v) is 14.8. The van der Waals surface area contributed by atoms with Gasteiger partial charge in [0, 0.05) is 43.8 Å². The lowest BCUT2D eigenvalue weighted by atomic mass is 10.2. The number of hydrogen-bond donors (Lipinski definition) is 0. The van der Waals surface area contributed by atoms with Gasteiger partial charge in [-0.3, -0.25) is 4.68 Å². The minimum Gasteiger partial charge on any atom is -0.357 e. The molecule has 3 aromatic rings. The third-order valence-electron chi connectivity index (χ3n) is 5.17. The molecule has 26 heavy (non-hydrogen) atoms. The van der Waals surface area contributed by atoms with Crippen LogP contribution >= 0.6 is 0 Å². The number of nitrogens with zero attached hydrogens (tertiary/aromatic N) is 7. The van der Waals surface area contributed by atoms with Crippen LogP contribution in [0.2, 0.25) is 0 Å². The molecule has 132 valence electrons. The van der Waals surface area contributed by atoms with Gasteiger partial charge in [0.25, 0.3) is 0 Å². The van der Waals surface area contributed by atoms with Gasteiger partial charge in [0.15, 0.2) is 0 Å². The van der Waals surface area contributed by atoms with E-state index in [0.29, 0.717) is 6.54 Å². The van der Waals surface area contributed by atoms with Crippen LogP contribution in [0.4, 0.5) is 11.5 Å². The molecule has 5 heterocycles. The molecular formula is C19H21N7. The maximum atomic E-state index is 4.75. The van der Waals surface area contributed by atoms with E-state index in [0.717, 1.165) is 47.2 Å². The van der Waals surface area contributed by atoms with Gasteiger partial charge in [-0.15, -0.1) is 0 Å². The number of fused-ring (bicyclic) bond motifs is 1. The summed E-state index contributed by atoms with van der Waals surface area (Å²) in [6.07, 6.45) is 10.3. The summed E-state index contributed by atoms with van der Waals surface area (Å²) in [7, 11) is 1.92. The average molecular weight is 347 g/mol. The van der Waals surface area contributed by atoms with E-state index in [2.05, 4.69) is 38.6 Å². The summed E-state index contributed by atoms with van der Waals surface area (Å²) in [5, 5.41) is 9.00. The molecule has 0 aromatic carbocycles. The predicted molar refractivity (Wildman–Crippen MR) is 101 cm³/mol. The van der Waals surface area contributed by atoms with Crippen molar-refractivity contribution in [1.29, 1.82) is 0 Å². The first kappa shape index (κ1) is 15.2. The Balaban J connectivity index is 1.39. The molecule has 3 aromatic heterocycles. The lowest BCUT2D eigenvalue weighted by Crippen LogP contribution is -2.18. The number of anilines is 2. The Morgan fingerprint density at radius 3 is 2.54 bits per heavy atom. The first-order chi connectivity index (χ1) is 12.7. The second-order valence-electron chi connectivity index (χ2n) is 6.91. The summed E-state index contributed by atoms with van der Waals surface area (Å²) in [6, 6.07) is 4.18. The molecule has 0 amide bonds. The molecule has 7 nitrogen and oxygen atoms in total. The van der Waals surface area contributed by atoms with Crippen LogP contribution < -0.4 is 9.80 Å². The minimum atomic E-state index is 0.714. The summed E-state index contributed by atoms with van der Waals surface area (Å²) in [6.45, 7) is 7.17. The van der Waals surface area contributed by atoms with Crippen molar-refractivity contribution >= 4 is 17.2 Å². The van der Waals surface area contributed by atoms with E-state index in [4.69, 9.17) is 5.10 Å². The highest BCUT2D eigenvalue weighted by molar-refractivity contribution is 5.82. The number of pyridine rings is 1. The molecule has 0 aliphatic carbocycles. The molecule has 0 atom stereocenters. The number of aromatic nitrogens is 5. The van der Waals surface area contributed by atoms with Gasteiger partial charge in [-0.1, -0.05) is 6.58 Å². The summed E-state index contributed by atoms with van der Waals surface area (Å²) in [5.41, 5.74) is 5.09. The molecule has 1 saturated heterocycles. The topological polar surface area (TPSA) is 55.0 Å². The van der Waals surface area contributed by atoms with Crippen LogP contribution in [0.15, 0.2) is 43.5 Å². The van der Waals surface area contributed by atoms with Crippen LogP contribution in [-0.4, -0.2) is 37.6 Å². The van der Waals surface area contributed by atoms with Gasteiger partial charge in [-0.05, 0) is 25.0 Å². The smallest absolute Gasteiger partial charge is 0.128 e. The van der Waals surface area contributed by atoms with Gasteiger partial charge < -0.3 is 9.80 Å². The number of rotatable bonds is 3. The first-order valence-corrected chi connectivity index (χ1v) is 8.94. The highest BCUT2D eigenvalue weighted by atomic mass is 15.3. The summed E-state index contributed by atoms with van der Waals surface area (Å²) >= 11 is 0. The van der Waals surface area contributed by atoms with Crippen molar-refractivity contribution in [1.82, 2.24) is 24.5 Å². The lowest BCUT2D eigenvalue weighted by Gasteiger charge is -2.17. The Morgan fingerprint density at radius 2 is 1.88 bits per heavy atom. The summed E-state index contributed by atoms with van der Waals surface area (Å²) in [4.78, 5) is 9.10. The lowest BCUT2D eigenvalue weighted by molar-refractivity contribution is 0.767. The Labute approximate surface area is 152 Å². The SMILES string of the molecule is C=C1c2cn(-c3ccc(N4CCCC4)nc3)nc2CN1c1cnn(C)c1. The molecule has 1 fully saturated rings. The fraction of sp³-hybridized carbons (Fsp3) is 0.316. The van der Waals surface area contributed by atoms with E-state index in [-0.39, 0.29) is 0 Å². The molecule has 0 saturated carbocycles. The Bertz CT molecular complexity index is 960. The zero-order chi connectivity index (χ0) is 17.7. The summed E-state index contributed by atoms with van der Waals surface area (Å²) < 4.78 is 3.70. The van der Waals surface area contributed by atoms with Crippen molar-refractivity contribution in [3.63, 3.8) is 0 Å². The number of aryl methyl sites for hydroxylation is 1. The van der Waals surface area contributed by atoms with Gasteiger partial charge in [0.1, 0.15) is 5.82 Å². The van der Waals surface area contributed by atoms with Crippen LogP contribution in [-0.2, 0) is 13.6 Å². The third kappa shape index (κ3) is 2.39. The molecule has 5 rings (SSSR count). The van der Waals surface area contributed by atoms with E-state index < -0.39 is 0 Å². The van der Waals surface area contributed by atoms with E-state index in [1.165, 1.54) is 12.8 Å². The zero-order valence-electron chi connectivity index (χ0n) is 14.8. The molecule has 7 heteroatoms. The van der Waals surface area contributed by atoms with Crippen molar-refractivity contribution in [2.75, 3.05) is 22.9 Å². The van der Waals surface area contributed by atoms with Gasteiger partial charge in [0.05, 0.1) is 36.0 Å². The van der Waals surface area contributed by atoms with Crippen molar-refractivity contribution in [3.05, 3.63) is 54.8 Å². The first-order valence-electron chi connectivity index (χ1n) is 8.94. The van der Waals surface area contributed by atoms with Crippen molar-refractivity contribution in [3.8, 4) is 5.69 Å². The third-order valence-corrected chi connectivity index (χ3v) is 5.17. The van der Waals surface area contributed by atoms with Gasteiger partial charge in [-0.2, -0.15) is 10.2 Å². The Hall–Kier alpha value is -3.09. The molecule has 0 spiro atoms. The van der Waals surface area contributed by atoms with Crippen molar-refractivity contribution in [2.24, 2.45) is 7.05 Å². The normalized spacial score (nSPS) is 16.6. The second kappa shape index (κ2) is 5.72. The minimum absolute atomic E-state index is 0.714. The van der Waals surface area contributed by atoms with Gasteiger partial charge in [0.2, 0.25) is 0 Å².